The van der Waals surface area contributed by atoms with Crippen LogP contribution in [0.25, 0.3) is 23.5 Å². The van der Waals surface area contributed by atoms with Crippen LogP contribution in [0, 0.1) is 0 Å². The van der Waals surface area contributed by atoms with Gasteiger partial charge in [-0.25, -0.2) is 0 Å². The topological polar surface area (TPSA) is 25.8 Å². The molecule has 2 nitrogen and oxygen atoms in total. The lowest BCUT2D eigenvalue weighted by molar-refractivity contribution is 1.24. The molecule has 0 amide bonds. The minimum atomic E-state index is 0.737. The van der Waals surface area contributed by atoms with E-state index < -0.39 is 0 Å². The molecule has 0 aliphatic carbocycles. The second kappa shape index (κ2) is 6.33. The molecule has 1 aromatic carbocycles. The number of pyridine rings is 2. The molecule has 102 valence electrons. The third kappa shape index (κ3) is 3.56. The van der Waals surface area contributed by atoms with Crippen molar-refractivity contribution in [3.63, 3.8) is 0 Å². The van der Waals surface area contributed by atoms with E-state index in [2.05, 4.69) is 9.97 Å². The minimum Gasteiger partial charge on any atom is -0.255 e. The molecule has 3 rings (SSSR count). The molecular formula is C18H13ClN2. The number of halogens is 1. The molecular weight excluding hydrogens is 280 g/mol. The largest absolute Gasteiger partial charge is 0.255 e. The standard InChI is InChI=1S/C18H13ClN2/c19-16-5-3-4-14(12-16)7-8-15-9-11-21-18(13-15)17-6-1-2-10-20-17/h1-13H/b8-7-. The van der Waals surface area contributed by atoms with Gasteiger partial charge in [-0.15, -0.1) is 0 Å². The van der Waals surface area contributed by atoms with Gasteiger partial charge in [0.15, 0.2) is 0 Å². The predicted molar refractivity (Wildman–Crippen MR) is 87.8 cm³/mol. The summed E-state index contributed by atoms with van der Waals surface area (Å²) < 4.78 is 0. The lowest BCUT2D eigenvalue weighted by Crippen LogP contribution is -1.86. The number of nitrogens with zero attached hydrogens (tertiary/aromatic N) is 2. The average Bonchev–Trinajstić information content (AvgIpc) is 2.54. The predicted octanol–water partition coefficient (Wildman–Crippen LogP) is 4.97. The van der Waals surface area contributed by atoms with Gasteiger partial charge in [-0.3, -0.25) is 9.97 Å². The zero-order valence-corrected chi connectivity index (χ0v) is 12.0. The molecule has 0 unspecified atom stereocenters. The van der Waals surface area contributed by atoms with Gasteiger partial charge in [0.1, 0.15) is 0 Å². The van der Waals surface area contributed by atoms with E-state index in [0.29, 0.717) is 0 Å². The SMILES string of the molecule is Clc1cccc(/C=C\c2ccnc(-c3ccccn3)c2)c1. The lowest BCUT2D eigenvalue weighted by Gasteiger charge is -2.01. The smallest absolute Gasteiger partial charge is 0.0892 e. The number of benzene rings is 1. The Labute approximate surface area is 128 Å². The van der Waals surface area contributed by atoms with Gasteiger partial charge < -0.3 is 0 Å². The molecule has 3 aromatic rings. The van der Waals surface area contributed by atoms with Gasteiger partial charge in [-0.1, -0.05) is 42.0 Å². The number of hydrogen-bond acceptors (Lipinski definition) is 2. The van der Waals surface area contributed by atoms with Crippen LogP contribution < -0.4 is 0 Å². The molecule has 0 N–H and O–H groups in total. The fraction of sp³-hybridized carbons (Fsp3) is 0. The van der Waals surface area contributed by atoms with Crippen molar-refractivity contribution in [2.75, 3.05) is 0 Å². The van der Waals surface area contributed by atoms with Crippen LogP contribution in [0.5, 0.6) is 0 Å². The maximum Gasteiger partial charge on any atom is 0.0892 e. The highest BCUT2D eigenvalue weighted by Gasteiger charge is 1.99. The van der Waals surface area contributed by atoms with Crippen LogP contribution in [-0.4, -0.2) is 9.97 Å². The van der Waals surface area contributed by atoms with Gasteiger partial charge in [0.2, 0.25) is 0 Å². The number of hydrogen-bond donors (Lipinski definition) is 0. The Morgan fingerprint density at radius 1 is 0.714 bits per heavy atom. The van der Waals surface area contributed by atoms with Crippen molar-refractivity contribution in [1.29, 1.82) is 0 Å². The van der Waals surface area contributed by atoms with Crippen LogP contribution >= 0.6 is 11.6 Å². The minimum absolute atomic E-state index is 0.737. The van der Waals surface area contributed by atoms with Crippen LogP contribution in [0.1, 0.15) is 11.1 Å². The summed E-state index contributed by atoms with van der Waals surface area (Å²) in [6.07, 6.45) is 7.64. The van der Waals surface area contributed by atoms with E-state index in [0.717, 1.165) is 27.5 Å². The van der Waals surface area contributed by atoms with E-state index >= 15 is 0 Å². The third-order valence-corrected chi connectivity index (χ3v) is 3.26. The summed E-state index contributed by atoms with van der Waals surface area (Å²) >= 11 is 5.98. The van der Waals surface area contributed by atoms with Gasteiger partial charge in [-0.05, 0) is 47.5 Å². The monoisotopic (exact) mass is 292 g/mol. The molecule has 2 heterocycles. The molecule has 0 atom stereocenters. The Morgan fingerprint density at radius 2 is 1.52 bits per heavy atom. The first-order valence-electron chi connectivity index (χ1n) is 6.62. The second-order valence-corrected chi connectivity index (χ2v) is 5.01. The number of rotatable bonds is 3. The van der Waals surface area contributed by atoms with Gasteiger partial charge in [-0.2, -0.15) is 0 Å². The summed E-state index contributed by atoms with van der Waals surface area (Å²) in [6, 6.07) is 17.5. The fourth-order valence-electron chi connectivity index (χ4n) is 2.01. The van der Waals surface area contributed by atoms with Gasteiger partial charge in [0.05, 0.1) is 11.4 Å². The summed E-state index contributed by atoms with van der Waals surface area (Å²) in [7, 11) is 0. The molecule has 0 spiro atoms. The van der Waals surface area contributed by atoms with Crippen LogP contribution in [0.3, 0.4) is 0 Å². The maximum absolute atomic E-state index is 5.98. The molecule has 2 aromatic heterocycles. The molecule has 21 heavy (non-hydrogen) atoms. The molecule has 0 saturated carbocycles. The van der Waals surface area contributed by atoms with Gasteiger partial charge in [0, 0.05) is 17.4 Å². The Bertz CT molecular complexity index is 767. The molecule has 0 saturated heterocycles. The summed E-state index contributed by atoms with van der Waals surface area (Å²) in [4.78, 5) is 8.68. The summed E-state index contributed by atoms with van der Waals surface area (Å²) in [5.74, 6) is 0. The first kappa shape index (κ1) is 13.5. The first-order valence-corrected chi connectivity index (χ1v) is 7.00. The lowest BCUT2D eigenvalue weighted by atomic mass is 10.1. The molecule has 0 bridgehead atoms. The van der Waals surface area contributed by atoms with E-state index in [9.17, 15) is 0 Å². The third-order valence-electron chi connectivity index (χ3n) is 3.03. The average molecular weight is 293 g/mol. The Kier molecular flexibility index (Phi) is 4.08. The van der Waals surface area contributed by atoms with Crippen LogP contribution in [0.2, 0.25) is 5.02 Å². The molecule has 0 aliphatic rings. The summed E-state index contributed by atoms with van der Waals surface area (Å²) in [5, 5.41) is 0.737. The summed E-state index contributed by atoms with van der Waals surface area (Å²) in [5.41, 5.74) is 3.88. The Morgan fingerprint density at radius 3 is 2.29 bits per heavy atom. The van der Waals surface area contributed by atoms with Crippen LogP contribution in [0.15, 0.2) is 67.0 Å². The van der Waals surface area contributed by atoms with Gasteiger partial charge in [0.25, 0.3) is 0 Å². The molecule has 0 aliphatic heterocycles. The molecule has 0 fully saturated rings. The fourth-order valence-corrected chi connectivity index (χ4v) is 2.21. The van der Waals surface area contributed by atoms with E-state index in [-0.39, 0.29) is 0 Å². The van der Waals surface area contributed by atoms with Crippen molar-refractivity contribution in [3.05, 3.63) is 83.1 Å². The van der Waals surface area contributed by atoms with E-state index in [1.807, 2.05) is 66.7 Å². The van der Waals surface area contributed by atoms with Crippen molar-refractivity contribution in [2.45, 2.75) is 0 Å². The number of aromatic nitrogens is 2. The normalized spacial score (nSPS) is 10.9. The van der Waals surface area contributed by atoms with Crippen molar-refractivity contribution in [2.24, 2.45) is 0 Å². The van der Waals surface area contributed by atoms with Crippen molar-refractivity contribution >= 4 is 23.8 Å². The van der Waals surface area contributed by atoms with Crippen LogP contribution in [0.4, 0.5) is 0 Å². The summed E-state index contributed by atoms with van der Waals surface area (Å²) in [6.45, 7) is 0. The van der Waals surface area contributed by atoms with Crippen molar-refractivity contribution in [3.8, 4) is 11.4 Å². The highest BCUT2D eigenvalue weighted by molar-refractivity contribution is 6.30. The quantitative estimate of drug-likeness (QED) is 0.681. The Hall–Kier alpha value is -2.45. The van der Waals surface area contributed by atoms with E-state index in [4.69, 9.17) is 11.6 Å². The highest BCUT2D eigenvalue weighted by Crippen LogP contribution is 2.17. The zero-order valence-electron chi connectivity index (χ0n) is 11.3. The van der Waals surface area contributed by atoms with Gasteiger partial charge >= 0.3 is 0 Å². The second-order valence-electron chi connectivity index (χ2n) is 4.58. The molecule has 3 heteroatoms. The van der Waals surface area contributed by atoms with E-state index in [1.165, 1.54) is 0 Å². The van der Waals surface area contributed by atoms with Crippen molar-refractivity contribution in [1.82, 2.24) is 9.97 Å². The first-order chi connectivity index (χ1) is 10.3. The van der Waals surface area contributed by atoms with Crippen molar-refractivity contribution < 1.29 is 0 Å². The maximum atomic E-state index is 5.98. The van der Waals surface area contributed by atoms with Crippen LogP contribution in [-0.2, 0) is 0 Å². The Balaban J connectivity index is 1.87. The highest BCUT2D eigenvalue weighted by atomic mass is 35.5. The zero-order chi connectivity index (χ0) is 14.5. The van der Waals surface area contributed by atoms with E-state index in [1.54, 1.807) is 12.4 Å². The molecule has 0 radical (unpaired) electrons.